The number of ether oxygens (including phenoxy) is 8. The van der Waals surface area contributed by atoms with Gasteiger partial charge in [-0.2, -0.15) is 0 Å². The monoisotopic (exact) mass is 897 g/mol. The first-order valence-electron chi connectivity index (χ1n) is 20.8. The van der Waals surface area contributed by atoms with Crippen LogP contribution in [0, 0.1) is 6.92 Å². The lowest BCUT2D eigenvalue weighted by Crippen LogP contribution is -2.65. The van der Waals surface area contributed by atoms with Crippen LogP contribution in [0.25, 0.3) is 10.4 Å². The largest absolute Gasteiger partial charge is 0.463 e. The number of Topliss-reactive ketones (excluding diaryl/α,β-unsaturated/α-hetero) is 1. The Morgan fingerprint density at radius 1 is 0.719 bits per heavy atom. The predicted octanol–water partition coefficient (Wildman–Crippen LogP) is 6.83. The van der Waals surface area contributed by atoms with Crippen LogP contribution < -0.4 is 0 Å². The van der Waals surface area contributed by atoms with E-state index in [1.807, 2.05) is 91.9 Å². The second kappa shape index (κ2) is 23.9. The zero-order valence-electron chi connectivity index (χ0n) is 35.6. The number of hydrogen-bond donors (Lipinski definition) is 1. The molecule has 0 aromatic heterocycles. The van der Waals surface area contributed by atoms with Crippen LogP contribution in [0.2, 0.25) is 0 Å². The first kappa shape index (κ1) is 47.8. The Balaban J connectivity index is 1.44. The van der Waals surface area contributed by atoms with Crippen LogP contribution in [-0.2, 0) is 65.5 Å². The topological polar surface area (TPSA) is 211 Å². The molecule has 0 spiro atoms. The van der Waals surface area contributed by atoms with Gasteiger partial charge in [-0.05, 0) is 54.8 Å². The van der Waals surface area contributed by atoms with Crippen molar-refractivity contribution in [3.63, 3.8) is 0 Å². The molecule has 2 saturated heterocycles. The summed E-state index contributed by atoms with van der Waals surface area (Å²) in [5.41, 5.74) is 11.7. The van der Waals surface area contributed by atoms with E-state index in [0.29, 0.717) is 0 Å². The Morgan fingerprint density at radius 2 is 1.31 bits per heavy atom. The lowest BCUT2D eigenvalue weighted by Gasteiger charge is -2.48. The number of hydrogen-bond acceptors (Lipinski definition) is 15. The lowest BCUT2D eigenvalue weighted by molar-refractivity contribution is -0.323. The summed E-state index contributed by atoms with van der Waals surface area (Å²) in [7, 11) is 0. The molecule has 4 aromatic carbocycles. The molecule has 0 saturated carbocycles. The Kier molecular flexibility index (Phi) is 17.9. The number of nitrogens with zero attached hydrogens (tertiary/aromatic N) is 3. The van der Waals surface area contributed by atoms with Gasteiger partial charge in [-0.1, -0.05) is 113 Å². The van der Waals surface area contributed by atoms with Gasteiger partial charge in [0, 0.05) is 23.2 Å². The van der Waals surface area contributed by atoms with E-state index in [0.717, 1.165) is 21.6 Å². The highest BCUT2D eigenvalue weighted by Crippen LogP contribution is 2.40. The summed E-state index contributed by atoms with van der Waals surface area (Å²) < 4.78 is 50.3. The molecule has 0 bridgehead atoms. The number of thioether (sulfide) groups is 1. The standard InChI is InChI=1S/C47H51N3O13S/c1-29-19-22-35(23-20-29)64-47-44(62-45(55)34-17-11-6-12-18-34)43(59-26-33-15-9-5-10-16-33)41(37(61-47)28-57-38(53)24-21-30(2)51)63-46-39(49-50-48)42(58-25-32-13-7-4-8-14-32)40(54)36(60-46)27-56-31(3)52/h4-20,22-23,36-37,39-44,46-47,54H,21,24-28H2,1-3H3/t36-,37+,39-,40-,41-,42-,43+,44-,46-,47+/m1/s1. The lowest BCUT2D eigenvalue weighted by atomic mass is 9.95. The number of azide groups is 1. The second-order valence-corrected chi connectivity index (χ2v) is 16.4. The minimum absolute atomic E-state index is 0.0142. The Bertz CT molecular complexity index is 2180. The van der Waals surface area contributed by atoms with Crippen LogP contribution in [-0.4, -0.2) is 103 Å². The third-order valence-electron chi connectivity index (χ3n) is 10.3. The molecule has 2 aliphatic heterocycles. The van der Waals surface area contributed by atoms with E-state index in [2.05, 4.69) is 10.0 Å². The molecule has 4 aromatic rings. The zero-order chi connectivity index (χ0) is 45.4. The van der Waals surface area contributed by atoms with Crippen molar-refractivity contribution in [3.05, 3.63) is 148 Å². The fourth-order valence-corrected chi connectivity index (χ4v) is 8.15. The van der Waals surface area contributed by atoms with E-state index >= 15 is 0 Å². The Morgan fingerprint density at radius 3 is 1.91 bits per heavy atom. The first-order chi connectivity index (χ1) is 31.0. The van der Waals surface area contributed by atoms with Crippen LogP contribution in [0.5, 0.6) is 0 Å². The minimum Gasteiger partial charge on any atom is -0.463 e. The molecule has 338 valence electrons. The summed E-state index contributed by atoms with van der Waals surface area (Å²) in [5, 5.41) is 15.7. The smallest absolute Gasteiger partial charge is 0.338 e. The van der Waals surface area contributed by atoms with Crippen molar-refractivity contribution in [2.45, 2.75) is 112 Å². The maximum absolute atomic E-state index is 14.0. The summed E-state index contributed by atoms with van der Waals surface area (Å²) in [5.74, 6) is -2.22. The molecular formula is C47H51N3O13S. The number of rotatable bonds is 20. The molecular weight excluding hydrogens is 847 g/mol. The van der Waals surface area contributed by atoms with Gasteiger partial charge in [0.25, 0.3) is 0 Å². The molecule has 17 heteroatoms. The third kappa shape index (κ3) is 13.7. The van der Waals surface area contributed by atoms with Crippen molar-refractivity contribution < 1.29 is 62.2 Å². The molecule has 2 aliphatic rings. The molecule has 0 radical (unpaired) electrons. The molecule has 0 unspecified atom stereocenters. The van der Waals surface area contributed by atoms with Gasteiger partial charge >= 0.3 is 17.9 Å². The number of benzene rings is 4. The van der Waals surface area contributed by atoms with E-state index in [4.69, 9.17) is 37.9 Å². The molecule has 10 atom stereocenters. The molecule has 1 N–H and O–H groups in total. The molecule has 2 heterocycles. The highest BCUT2D eigenvalue weighted by molar-refractivity contribution is 7.99. The number of aliphatic hydroxyl groups excluding tert-OH is 1. The fourth-order valence-electron chi connectivity index (χ4n) is 7.05. The number of ketones is 1. The van der Waals surface area contributed by atoms with Crippen LogP contribution >= 0.6 is 11.8 Å². The van der Waals surface area contributed by atoms with Crippen molar-refractivity contribution in [1.82, 2.24) is 0 Å². The van der Waals surface area contributed by atoms with Crippen LogP contribution in [0.4, 0.5) is 0 Å². The van der Waals surface area contributed by atoms with Crippen LogP contribution in [0.1, 0.15) is 53.7 Å². The number of carbonyl (C=O) groups is 4. The van der Waals surface area contributed by atoms with Crippen molar-refractivity contribution in [2.24, 2.45) is 5.11 Å². The second-order valence-electron chi connectivity index (χ2n) is 15.2. The number of aryl methyl sites for hydroxylation is 1. The van der Waals surface area contributed by atoms with Gasteiger partial charge in [0.2, 0.25) is 0 Å². The van der Waals surface area contributed by atoms with Gasteiger partial charge in [0.05, 0.1) is 31.3 Å². The zero-order valence-corrected chi connectivity index (χ0v) is 36.4. The summed E-state index contributed by atoms with van der Waals surface area (Å²) in [6, 6.07) is 33.0. The van der Waals surface area contributed by atoms with Gasteiger partial charge < -0.3 is 47.8 Å². The van der Waals surface area contributed by atoms with Gasteiger partial charge in [-0.3, -0.25) is 9.59 Å². The maximum atomic E-state index is 14.0. The molecule has 16 nitrogen and oxygen atoms in total. The van der Waals surface area contributed by atoms with Gasteiger partial charge in [0.1, 0.15) is 61.0 Å². The summed E-state index contributed by atoms with van der Waals surface area (Å²) in [4.78, 5) is 54.7. The molecule has 64 heavy (non-hydrogen) atoms. The first-order valence-corrected chi connectivity index (χ1v) is 21.6. The SMILES string of the molecule is CC(=O)CCC(=O)OC[C@@H]1O[C@@H](Sc2ccc(C)cc2)[C@H](OC(=O)c2ccccc2)[C@@H](OCc2ccccc2)[C@@H]1O[C@H]1O[C@H](COC(C)=O)[C@@H](O)[C@H](OCc2ccccc2)[C@H]1N=[N+]=[N-]. The van der Waals surface area contributed by atoms with E-state index in [1.165, 1.54) is 25.6 Å². The van der Waals surface area contributed by atoms with E-state index in [-0.39, 0.29) is 37.4 Å². The molecule has 0 aliphatic carbocycles. The number of aliphatic hydroxyl groups is 1. The van der Waals surface area contributed by atoms with Gasteiger partial charge in [-0.25, -0.2) is 4.79 Å². The number of esters is 3. The highest BCUT2D eigenvalue weighted by Gasteiger charge is 2.54. The third-order valence-corrected chi connectivity index (χ3v) is 11.5. The Hall–Kier alpha value is -5.62. The average Bonchev–Trinajstić information content (AvgIpc) is 3.30. The van der Waals surface area contributed by atoms with Crippen molar-refractivity contribution in [1.29, 1.82) is 0 Å². The van der Waals surface area contributed by atoms with E-state index in [9.17, 15) is 29.8 Å². The van der Waals surface area contributed by atoms with Crippen molar-refractivity contribution in [3.8, 4) is 0 Å². The van der Waals surface area contributed by atoms with Crippen molar-refractivity contribution in [2.75, 3.05) is 13.2 Å². The van der Waals surface area contributed by atoms with Gasteiger partial charge in [-0.15, -0.1) is 0 Å². The maximum Gasteiger partial charge on any atom is 0.338 e. The molecule has 0 amide bonds. The van der Waals surface area contributed by atoms with E-state index < -0.39 is 91.6 Å². The van der Waals surface area contributed by atoms with Crippen LogP contribution in [0.3, 0.4) is 0 Å². The summed E-state index contributed by atoms with van der Waals surface area (Å²) in [6.07, 6.45) is -10.8. The summed E-state index contributed by atoms with van der Waals surface area (Å²) in [6.45, 7) is 3.63. The predicted molar refractivity (Wildman–Crippen MR) is 231 cm³/mol. The molecule has 2 fully saturated rings. The normalized spacial score (nSPS) is 25.3. The summed E-state index contributed by atoms with van der Waals surface area (Å²) >= 11 is 1.25. The minimum atomic E-state index is -1.56. The van der Waals surface area contributed by atoms with Gasteiger partial charge in [0.15, 0.2) is 12.4 Å². The van der Waals surface area contributed by atoms with Crippen LogP contribution in [0.15, 0.2) is 125 Å². The quantitative estimate of drug-likeness (QED) is 0.0317. The van der Waals surface area contributed by atoms with Crippen molar-refractivity contribution >= 4 is 35.5 Å². The highest BCUT2D eigenvalue weighted by atomic mass is 32.2. The molecule has 6 rings (SSSR count). The number of carbonyl (C=O) groups excluding carboxylic acids is 4. The average molecular weight is 898 g/mol. The Labute approximate surface area is 375 Å². The fraction of sp³-hybridized carbons (Fsp3) is 0.404. The van der Waals surface area contributed by atoms with E-state index in [1.54, 1.807) is 30.3 Å².